The first-order valence-corrected chi connectivity index (χ1v) is 9.73. The zero-order chi connectivity index (χ0) is 20.5. The summed E-state index contributed by atoms with van der Waals surface area (Å²) in [6.45, 7) is 4.20. The lowest BCUT2D eigenvalue weighted by Crippen LogP contribution is -2.18. The molecule has 0 spiro atoms. The third-order valence-electron chi connectivity index (χ3n) is 5.28. The molecule has 1 aliphatic rings. The van der Waals surface area contributed by atoms with Crippen molar-refractivity contribution in [3.05, 3.63) is 23.9 Å². The maximum Gasteiger partial charge on any atom is 0.341 e. The molecule has 9 nitrogen and oxygen atoms in total. The maximum atomic E-state index is 14.7. The molecule has 162 valence electrons. The number of carbonyl (C=O) groups is 1. The molecular weight excluding hydrogens is 391 g/mol. The Labute approximate surface area is 174 Å². The van der Waals surface area contributed by atoms with Crippen molar-refractivity contribution >= 4 is 17.0 Å². The van der Waals surface area contributed by atoms with Crippen LogP contribution in [0.25, 0.3) is 17.0 Å². The molecule has 10 heteroatoms. The first-order valence-electron chi connectivity index (χ1n) is 9.73. The minimum absolute atomic E-state index is 0. The summed E-state index contributed by atoms with van der Waals surface area (Å²) in [7, 11) is 1.47. The van der Waals surface area contributed by atoms with E-state index in [-0.39, 0.29) is 43.0 Å². The van der Waals surface area contributed by atoms with Gasteiger partial charge in [0.2, 0.25) is 5.88 Å². The number of carbonyl (C=O) groups excluding carboxylic acids is 1. The van der Waals surface area contributed by atoms with Crippen molar-refractivity contribution in [2.75, 3.05) is 13.7 Å². The minimum Gasteiger partial charge on any atom is -0.479 e. The van der Waals surface area contributed by atoms with Gasteiger partial charge in [-0.25, -0.2) is 14.5 Å². The Morgan fingerprint density at radius 2 is 2.00 bits per heavy atom. The van der Waals surface area contributed by atoms with Crippen LogP contribution in [0.5, 0.6) is 5.88 Å². The molecule has 0 aromatic carbocycles. The van der Waals surface area contributed by atoms with Crippen LogP contribution in [0, 0.1) is 11.9 Å². The first-order chi connectivity index (χ1) is 14.0. The lowest BCUT2D eigenvalue weighted by molar-refractivity contribution is 0.0526. The average molecular weight is 418 g/mol. The van der Waals surface area contributed by atoms with Crippen LogP contribution in [0.15, 0.2) is 12.4 Å². The second-order valence-corrected chi connectivity index (χ2v) is 7.27. The molecule has 1 fully saturated rings. The van der Waals surface area contributed by atoms with Crippen molar-refractivity contribution in [1.29, 1.82) is 0 Å². The van der Waals surface area contributed by atoms with Crippen LogP contribution in [0.4, 0.5) is 4.39 Å². The highest BCUT2D eigenvalue weighted by molar-refractivity contribution is 5.88. The van der Waals surface area contributed by atoms with Gasteiger partial charge in [0.15, 0.2) is 11.0 Å². The minimum atomic E-state index is -0.682. The predicted molar refractivity (Wildman–Crippen MR) is 108 cm³/mol. The molecule has 30 heavy (non-hydrogen) atoms. The Bertz CT molecular complexity index is 1040. The second-order valence-electron chi connectivity index (χ2n) is 7.27. The summed E-state index contributed by atoms with van der Waals surface area (Å²) in [5.41, 5.74) is 0.756. The Hall–Kier alpha value is -3.04. The topological polar surface area (TPSA) is 96.9 Å². The monoisotopic (exact) mass is 418 g/mol. The summed E-state index contributed by atoms with van der Waals surface area (Å²) in [4.78, 5) is 20.5. The summed E-state index contributed by atoms with van der Waals surface area (Å²) >= 11 is 0. The van der Waals surface area contributed by atoms with Crippen LogP contribution >= 0.6 is 0 Å². The third-order valence-corrected chi connectivity index (χ3v) is 5.28. The van der Waals surface area contributed by atoms with Gasteiger partial charge in [0, 0.05) is 6.20 Å². The number of halogens is 1. The summed E-state index contributed by atoms with van der Waals surface area (Å²) in [5, 5.41) is 8.20. The largest absolute Gasteiger partial charge is 0.479 e. The fourth-order valence-electron chi connectivity index (χ4n) is 3.71. The van der Waals surface area contributed by atoms with E-state index in [9.17, 15) is 9.18 Å². The molecule has 0 aliphatic heterocycles. The van der Waals surface area contributed by atoms with E-state index >= 15 is 0 Å². The molecule has 1 aliphatic carbocycles. The van der Waals surface area contributed by atoms with Crippen molar-refractivity contribution in [1.82, 2.24) is 29.5 Å². The lowest BCUT2D eigenvalue weighted by Gasteiger charge is -2.26. The highest BCUT2D eigenvalue weighted by Crippen LogP contribution is 2.36. The van der Waals surface area contributed by atoms with Gasteiger partial charge in [-0.1, -0.05) is 14.4 Å². The summed E-state index contributed by atoms with van der Waals surface area (Å²) < 4.78 is 28.0. The molecule has 1 saturated carbocycles. The van der Waals surface area contributed by atoms with E-state index in [0.717, 1.165) is 25.7 Å². The number of hydrogen-bond acceptors (Lipinski definition) is 7. The van der Waals surface area contributed by atoms with Crippen LogP contribution < -0.4 is 4.74 Å². The van der Waals surface area contributed by atoms with Gasteiger partial charge in [-0.3, -0.25) is 4.68 Å². The van der Waals surface area contributed by atoms with Crippen LogP contribution in [0.1, 0.15) is 63.4 Å². The van der Waals surface area contributed by atoms with Gasteiger partial charge >= 0.3 is 5.97 Å². The van der Waals surface area contributed by atoms with Crippen LogP contribution in [-0.2, 0) is 4.74 Å². The molecule has 0 radical (unpaired) electrons. The van der Waals surface area contributed by atoms with E-state index in [1.165, 1.54) is 24.2 Å². The predicted octanol–water partition coefficient (Wildman–Crippen LogP) is 3.72. The number of methoxy groups -OCH3 is 1. The lowest BCUT2D eigenvalue weighted by atomic mass is 9.87. The fraction of sp³-hybridized carbons (Fsp3) is 0.550. The van der Waals surface area contributed by atoms with E-state index in [1.807, 2.05) is 0 Å². The van der Waals surface area contributed by atoms with Crippen molar-refractivity contribution < 1.29 is 18.7 Å². The molecular formula is C20H27FN6O3. The molecule has 4 rings (SSSR count). The van der Waals surface area contributed by atoms with E-state index in [1.54, 1.807) is 11.6 Å². The zero-order valence-corrected chi connectivity index (χ0v) is 16.6. The Morgan fingerprint density at radius 3 is 2.67 bits per heavy atom. The van der Waals surface area contributed by atoms with Gasteiger partial charge < -0.3 is 9.47 Å². The molecule has 0 amide bonds. The zero-order valence-electron chi connectivity index (χ0n) is 16.6. The molecule has 3 aromatic rings. The summed E-state index contributed by atoms with van der Waals surface area (Å²) in [5.74, 6) is -0.222. The number of rotatable bonds is 5. The summed E-state index contributed by atoms with van der Waals surface area (Å²) in [6.07, 6.45) is 6.76. The molecule has 3 aromatic heterocycles. The van der Waals surface area contributed by atoms with E-state index in [2.05, 4.69) is 27.1 Å². The SMILES string of the molecule is C.CCOC(=O)c1cnn(-c2nc(OC)c3c(n2)c(F)nn3C2CCC(C)CC2)c1. The number of hydrogen-bond donors (Lipinski definition) is 0. The molecule has 0 bridgehead atoms. The van der Waals surface area contributed by atoms with Gasteiger partial charge in [-0.15, -0.1) is 5.10 Å². The first kappa shape index (κ1) is 21.7. The van der Waals surface area contributed by atoms with Gasteiger partial charge in [0.05, 0.1) is 31.5 Å². The number of ether oxygens (including phenoxy) is 2. The Kier molecular flexibility index (Phi) is 6.33. The van der Waals surface area contributed by atoms with Crippen molar-refractivity contribution in [3.8, 4) is 11.8 Å². The molecule has 0 N–H and O–H groups in total. The molecule has 0 saturated heterocycles. The second kappa shape index (κ2) is 8.76. The number of esters is 1. The van der Waals surface area contributed by atoms with Crippen LogP contribution in [0.2, 0.25) is 0 Å². The smallest absolute Gasteiger partial charge is 0.341 e. The quantitative estimate of drug-likeness (QED) is 0.583. The normalized spacial score (nSPS) is 18.8. The van der Waals surface area contributed by atoms with Crippen LogP contribution in [-0.4, -0.2) is 49.2 Å². The number of fused-ring (bicyclic) bond motifs is 1. The highest BCUT2D eigenvalue weighted by atomic mass is 19.1. The average Bonchev–Trinajstić information content (AvgIpc) is 3.34. The Morgan fingerprint density at radius 1 is 1.27 bits per heavy atom. The number of aromatic nitrogens is 6. The molecule has 0 unspecified atom stereocenters. The molecule has 0 atom stereocenters. The van der Waals surface area contributed by atoms with E-state index in [0.29, 0.717) is 11.4 Å². The summed E-state index contributed by atoms with van der Waals surface area (Å²) in [6, 6.07) is 0.0849. The molecule has 3 heterocycles. The van der Waals surface area contributed by atoms with E-state index in [4.69, 9.17) is 9.47 Å². The van der Waals surface area contributed by atoms with Crippen molar-refractivity contribution in [2.24, 2.45) is 5.92 Å². The van der Waals surface area contributed by atoms with Crippen LogP contribution in [0.3, 0.4) is 0 Å². The number of nitrogens with zero attached hydrogens (tertiary/aromatic N) is 6. The van der Waals surface area contributed by atoms with Gasteiger partial charge in [-0.05, 0) is 38.5 Å². The van der Waals surface area contributed by atoms with E-state index < -0.39 is 11.9 Å². The van der Waals surface area contributed by atoms with Crippen molar-refractivity contribution in [2.45, 2.75) is 53.0 Å². The Balaban J connectivity index is 0.00000256. The third kappa shape index (κ3) is 3.86. The fourth-order valence-corrected chi connectivity index (χ4v) is 3.71. The van der Waals surface area contributed by atoms with Gasteiger partial charge in [0.25, 0.3) is 11.9 Å². The standard InChI is InChI=1S/C19H23FN6O3.CH4/c1-4-29-18(27)12-9-21-25(10-12)19-22-14-15(17(23-19)28-3)26(24-16(14)20)13-7-5-11(2)6-8-13;/h9-11,13H,4-8H2,1-3H3;1H4. The highest BCUT2D eigenvalue weighted by Gasteiger charge is 2.27. The van der Waals surface area contributed by atoms with Gasteiger partial charge in [-0.2, -0.15) is 14.5 Å². The maximum absolute atomic E-state index is 14.7. The van der Waals surface area contributed by atoms with Gasteiger partial charge in [0.1, 0.15) is 0 Å². The van der Waals surface area contributed by atoms with Crippen molar-refractivity contribution in [3.63, 3.8) is 0 Å².